The third-order valence-corrected chi connectivity index (χ3v) is 13.3. The van der Waals surface area contributed by atoms with E-state index >= 15 is 0 Å². The van der Waals surface area contributed by atoms with Gasteiger partial charge in [0.2, 0.25) is 0 Å². The lowest BCUT2D eigenvalue weighted by Crippen LogP contribution is -2.30. The van der Waals surface area contributed by atoms with E-state index in [-0.39, 0.29) is 23.8 Å². The minimum absolute atomic E-state index is 0.0421. The maximum Gasteiger partial charge on any atom is 0.308 e. The number of esters is 2. The number of unbranched alkanes of at least 4 members (excludes halogenated alkanes) is 23. The van der Waals surface area contributed by atoms with Crippen LogP contribution in [0.2, 0.25) is 0 Å². The van der Waals surface area contributed by atoms with Crippen LogP contribution in [0.3, 0.4) is 0 Å². The van der Waals surface area contributed by atoms with Crippen molar-refractivity contribution in [1.29, 1.82) is 0 Å². The molecule has 0 aromatic carbocycles. The zero-order valence-corrected chi connectivity index (χ0v) is 42.3. The second-order valence-corrected chi connectivity index (χ2v) is 19.4. The average Bonchev–Trinajstić information content (AvgIpc) is 3.25. The first-order valence-electron chi connectivity index (χ1n) is 27.6. The quantitative estimate of drug-likeness (QED) is 0.0485. The fourth-order valence-corrected chi connectivity index (χ4v) is 9.27. The molecule has 0 bridgehead atoms. The summed E-state index contributed by atoms with van der Waals surface area (Å²) in [4.78, 5) is 28.8. The van der Waals surface area contributed by atoms with Gasteiger partial charge in [0.1, 0.15) is 0 Å². The maximum absolute atomic E-state index is 13.1. The molecule has 0 amide bonds. The highest BCUT2D eigenvalue weighted by Gasteiger charge is 2.26. The molecule has 0 aromatic rings. The van der Waals surface area contributed by atoms with Crippen LogP contribution < -0.4 is 0 Å². The van der Waals surface area contributed by atoms with Crippen LogP contribution in [-0.2, 0) is 19.1 Å². The summed E-state index contributed by atoms with van der Waals surface area (Å²) in [6.45, 7) is 18.1. The van der Waals surface area contributed by atoms with Crippen LogP contribution in [0.25, 0.3) is 0 Å². The number of carbonyl (C=O) groups excluding carboxylic acids is 2. The van der Waals surface area contributed by atoms with Crippen molar-refractivity contribution in [2.75, 3.05) is 32.8 Å². The van der Waals surface area contributed by atoms with Crippen molar-refractivity contribution in [2.45, 2.75) is 298 Å². The van der Waals surface area contributed by atoms with Crippen molar-refractivity contribution in [2.24, 2.45) is 11.8 Å². The standard InChI is InChI=1S/C55H109NO5/c1-7-13-17-21-29-39-51(40-30-22-18-14-8-2)53(57)60-49-37-27-25-33-43-55(59,45-35-36-48-56(46-11-5)47-12-6)44-34-26-28-38-50-61-54(58)52(41-31-23-19-15-9-3)42-32-24-20-16-10-4/h51-52,59H,7-50H2,1-6H3. The topological polar surface area (TPSA) is 76.1 Å². The Kier molecular flexibility index (Phi) is 44.6. The maximum atomic E-state index is 13.1. The monoisotopic (exact) mass is 864 g/mol. The van der Waals surface area contributed by atoms with E-state index in [1.165, 1.54) is 129 Å². The van der Waals surface area contributed by atoms with Crippen LogP contribution in [0.4, 0.5) is 0 Å². The zero-order chi connectivity index (χ0) is 44.9. The van der Waals surface area contributed by atoms with Gasteiger partial charge in [0.05, 0.1) is 30.7 Å². The average molecular weight is 864 g/mol. The van der Waals surface area contributed by atoms with Gasteiger partial charge in [-0.05, 0) is 103 Å². The van der Waals surface area contributed by atoms with E-state index < -0.39 is 5.60 Å². The molecule has 0 atom stereocenters. The van der Waals surface area contributed by atoms with E-state index in [0.29, 0.717) is 13.2 Å². The first-order chi connectivity index (χ1) is 29.8. The van der Waals surface area contributed by atoms with Crippen LogP contribution >= 0.6 is 0 Å². The molecule has 0 spiro atoms. The molecular formula is C55H109NO5. The summed E-state index contributed by atoms with van der Waals surface area (Å²) in [5.74, 6) is 0.226. The first kappa shape index (κ1) is 59.9. The summed E-state index contributed by atoms with van der Waals surface area (Å²) in [5.41, 5.74) is -0.609. The highest BCUT2D eigenvalue weighted by atomic mass is 16.5. The molecule has 0 saturated carbocycles. The van der Waals surface area contributed by atoms with Gasteiger partial charge in [-0.15, -0.1) is 0 Å². The second kappa shape index (κ2) is 45.4. The van der Waals surface area contributed by atoms with Crippen molar-refractivity contribution in [3.8, 4) is 0 Å². The van der Waals surface area contributed by atoms with Crippen LogP contribution in [0.1, 0.15) is 292 Å². The van der Waals surface area contributed by atoms with E-state index in [9.17, 15) is 14.7 Å². The van der Waals surface area contributed by atoms with Gasteiger partial charge in [-0.2, -0.15) is 0 Å². The van der Waals surface area contributed by atoms with Crippen molar-refractivity contribution >= 4 is 11.9 Å². The minimum atomic E-state index is -0.609. The minimum Gasteiger partial charge on any atom is -0.465 e. The normalized spacial score (nSPS) is 12.0. The summed E-state index contributed by atoms with van der Waals surface area (Å²) < 4.78 is 11.8. The van der Waals surface area contributed by atoms with Gasteiger partial charge >= 0.3 is 11.9 Å². The molecule has 0 aliphatic heterocycles. The molecule has 0 rings (SSSR count). The Labute approximate surface area is 382 Å². The molecule has 0 heterocycles. The number of hydrogen-bond acceptors (Lipinski definition) is 6. The van der Waals surface area contributed by atoms with Crippen molar-refractivity contribution in [1.82, 2.24) is 4.90 Å². The molecule has 0 unspecified atom stereocenters. The van der Waals surface area contributed by atoms with Gasteiger partial charge in [-0.3, -0.25) is 9.59 Å². The van der Waals surface area contributed by atoms with Crippen molar-refractivity contribution < 1.29 is 24.2 Å². The molecule has 1 N–H and O–H groups in total. The summed E-state index contributed by atoms with van der Waals surface area (Å²) in [6.07, 6.45) is 44.0. The Morgan fingerprint density at radius 3 is 1.00 bits per heavy atom. The Bertz CT molecular complexity index is 834. The highest BCUT2D eigenvalue weighted by Crippen LogP contribution is 2.29. The fraction of sp³-hybridized carbons (Fsp3) is 0.964. The number of nitrogens with zero attached hydrogens (tertiary/aromatic N) is 1. The largest absolute Gasteiger partial charge is 0.465 e. The Morgan fingerprint density at radius 2 is 0.672 bits per heavy atom. The Morgan fingerprint density at radius 1 is 0.377 bits per heavy atom. The van der Waals surface area contributed by atoms with E-state index in [2.05, 4.69) is 46.4 Å². The SMILES string of the molecule is CCCCCCCC(CCCCCCC)C(=O)OCCCCCCC(O)(CCCCCCOC(=O)C(CCCCCCC)CCCCCCC)CCCCN(CCC)CCC. The molecule has 0 saturated heterocycles. The van der Waals surface area contributed by atoms with E-state index in [4.69, 9.17) is 9.47 Å². The summed E-state index contributed by atoms with van der Waals surface area (Å²) in [6, 6.07) is 0. The van der Waals surface area contributed by atoms with E-state index in [1.807, 2.05) is 0 Å². The van der Waals surface area contributed by atoms with Gasteiger partial charge in [-0.1, -0.05) is 208 Å². The van der Waals surface area contributed by atoms with Crippen molar-refractivity contribution in [3.63, 3.8) is 0 Å². The molecule has 6 heteroatoms. The molecule has 364 valence electrons. The van der Waals surface area contributed by atoms with Gasteiger partial charge in [0, 0.05) is 0 Å². The lowest BCUT2D eigenvalue weighted by atomic mass is 9.85. The molecule has 0 fully saturated rings. The van der Waals surface area contributed by atoms with Crippen molar-refractivity contribution in [3.05, 3.63) is 0 Å². The predicted octanol–water partition coefficient (Wildman–Crippen LogP) is 16.7. The van der Waals surface area contributed by atoms with Crippen LogP contribution in [0, 0.1) is 11.8 Å². The van der Waals surface area contributed by atoms with Gasteiger partial charge in [-0.25, -0.2) is 0 Å². The third-order valence-electron chi connectivity index (χ3n) is 13.3. The van der Waals surface area contributed by atoms with Crippen LogP contribution in [-0.4, -0.2) is 60.4 Å². The van der Waals surface area contributed by atoms with E-state index in [1.54, 1.807) is 0 Å². The number of ether oxygens (including phenoxy) is 2. The third kappa shape index (κ3) is 37.9. The lowest BCUT2D eigenvalue weighted by Gasteiger charge is -2.29. The number of carbonyl (C=O) groups is 2. The smallest absolute Gasteiger partial charge is 0.308 e. The molecule has 6 nitrogen and oxygen atoms in total. The number of aliphatic hydroxyl groups is 1. The van der Waals surface area contributed by atoms with Gasteiger partial charge < -0.3 is 19.5 Å². The number of hydrogen-bond donors (Lipinski definition) is 1. The molecular weight excluding hydrogens is 755 g/mol. The van der Waals surface area contributed by atoms with Crippen LogP contribution in [0.15, 0.2) is 0 Å². The second-order valence-electron chi connectivity index (χ2n) is 19.4. The first-order valence-corrected chi connectivity index (χ1v) is 27.6. The fourth-order valence-electron chi connectivity index (χ4n) is 9.27. The summed E-state index contributed by atoms with van der Waals surface area (Å²) in [7, 11) is 0. The predicted molar refractivity (Wildman–Crippen MR) is 264 cm³/mol. The Balaban J connectivity index is 4.88. The molecule has 61 heavy (non-hydrogen) atoms. The summed E-state index contributed by atoms with van der Waals surface area (Å²) >= 11 is 0. The molecule has 0 aromatic heterocycles. The number of rotatable bonds is 49. The van der Waals surface area contributed by atoms with Gasteiger partial charge in [0.15, 0.2) is 0 Å². The van der Waals surface area contributed by atoms with Gasteiger partial charge in [0.25, 0.3) is 0 Å². The Hall–Kier alpha value is -1.14. The zero-order valence-electron chi connectivity index (χ0n) is 42.3. The highest BCUT2D eigenvalue weighted by molar-refractivity contribution is 5.72. The molecule has 0 aliphatic carbocycles. The van der Waals surface area contributed by atoms with E-state index in [0.717, 1.165) is 141 Å². The molecule has 0 radical (unpaired) electrons. The lowest BCUT2D eigenvalue weighted by molar-refractivity contribution is -0.150. The van der Waals surface area contributed by atoms with Crippen LogP contribution in [0.5, 0.6) is 0 Å². The molecule has 0 aliphatic rings. The summed E-state index contributed by atoms with van der Waals surface area (Å²) in [5, 5.41) is 12.0.